The second-order valence-electron chi connectivity index (χ2n) is 11.9. The van der Waals surface area contributed by atoms with Gasteiger partial charge in [-0.05, 0) is 89.1 Å². The van der Waals surface area contributed by atoms with Gasteiger partial charge in [0.25, 0.3) is 0 Å². The van der Waals surface area contributed by atoms with Crippen LogP contribution < -0.4 is 0 Å². The Balaban J connectivity index is 0.000000178. The smallest absolute Gasteiger partial charge is 0.0355 e. The molecule has 4 aromatic carbocycles. The van der Waals surface area contributed by atoms with Crippen LogP contribution >= 0.6 is 0 Å². The van der Waals surface area contributed by atoms with Gasteiger partial charge >= 0.3 is 0 Å². The third-order valence-electron chi connectivity index (χ3n) is 8.95. The normalized spacial score (nSPS) is 22.3. The van der Waals surface area contributed by atoms with Crippen LogP contribution in [0.25, 0.3) is 44.8 Å². The van der Waals surface area contributed by atoms with Crippen molar-refractivity contribution in [1.82, 2.24) is 9.97 Å². The average Bonchev–Trinajstić information content (AvgIpc) is 3.77. The van der Waals surface area contributed by atoms with Gasteiger partial charge in [-0.2, -0.15) is 0 Å². The summed E-state index contributed by atoms with van der Waals surface area (Å²) in [4.78, 5) is 8.70. The zero-order valence-electron chi connectivity index (χ0n) is 32.3. The van der Waals surface area contributed by atoms with Gasteiger partial charge in [-0.15, -0.1) is 65.2 Å². The van der Waals surface area contributed by atoms with Crippen molar-refractivity contribution in [3.8, 4) is 44.8 Å². The van der Waals surface area contributed by atoms with E-state index in [1.54, 1.807) is 12.1 Å². The first-order valence-electron chi connectivity index (χ1n) is 19.0. The van der Waals surface area contributed by atoms with Gasteiger partial charge in [-0.1, -0.05) is 91.6 Å². The Kier molecular flexibility index (Phi) is 7.59. The Morgan fingerprint density at radius 3 is 2.28 bits per heavy atom. The molecule has 0 aliphatic heterocycles. The average molecular weight is 782 g/mol. The summed E-state index contributed by atoms with van der Waals surface area (Å²) in [6.07, 6.45) is 8.04. The fourth-order valence-electron chi connectivity index (χ4n) is 6.64. The third kappa shape index (κ3) is 7.12. The van der Waals surface area contributed by atoms with Crippen LogP contribution in [0.2, 0.25) is 0 Å². The Morgan fingerprint density at radius 1 is 0.717 bits per heavy atom. The Labute approximate surface area is 297 Å². The van der Waals surface area contributed by atoms with Crippen molar-refractivity contribution < 1.29 is 29.7 Å². The number of hydrogen-bond acceptors (Lipinski definition) is 2. The predicted molar refractivity (Wildman–Crippen MR) is 186 cm³/mol. The molecule has 3 unspecified atom stereocenters. The van der Waals surface area contributed by atoms with Crippen LogP contribution in [0.15, 0.2) is 128 Å². The molecule has 2 fully saturated rings. The van der Waals surface area contributed by atoms with Crippen molar-refractivity contribution in [2.75, 3.05) is 0 Å². The van der Waals surface area contributed by atoms with Gasteiger partial charge in [0, 0.05) is 42.1 Å². The van der Waals surface area contributed by atoms with Gasteiger partial charge in [0.05, 0.1) is 0 Å². The van der Waals surface area contributed by atoms with Gasteiger partial charge in [-0.3, -0.25) is 0 Å². The minimum atomic E-state index is -2.27. The molecule has 2 aromatic heterocycles. The molecule has 6 aromatic rings. The molecule has 2 bridgehead atoms. The number of nitrogens with zero attached hydrogens (tertiary/aromatic N) is 2. The van der Waals surface area contributed by atoms with E-state index >= 15 is 0 Å². The molecule has 8 rings (SSSR count). The summed E-state index contributed by atoms with van der Waals surface area (Å²) in [6, 6.07) is 42.6. The van der Waals surface area contributed by atoms with Crippen molar-refractivity contribution in [3.05, 3.63) is 156 Å². The molecular formula is C43H38IrN2-2. The molecule has 2 nitrogen and oxygen atoms in total. The van der Waals surface area contributed by atoms with Crippen molar-refractivity contribution in [2.45, 2.75) is 45.3 Å². The van der Waals surface area contributed by atoms with E-state index in [1.165, 1.54) is 48.7 Å². The SMILES string of the molecule is [2H]C([2H])([2H])c1ccc(-c2[c-]cc(C([2H])([2H])[2H])c(-c3ccccc3)c2)nc1.[2H]C1(c2ccc(-c3ccnc(-c4[c-]cccc4)c3)cc2)CC2CCC1C2.[Ir]. The zero-order valence-corrected chi connectivity index (χ0v) is 27.7. The van der Waals surface area contributed by atoms with E-state index in [1.807, 2.05) is 60.8 Å². The van der Waals surface area contributed by atoms with Gasteiger partial charge in [-0.25, -0.2) is 0 Å². The molecule has 2 saturated carbocycles. The molecule has 46 heavy (non-hydrogen) atoms. The molecule has 2 aliphatic rings. The summed E-state index contributed by atoms with van der Waals surface area (Å²) in [6.45, 7) is -4.48. The molecule has 2 heterocycles. The second-order valence-corrected chi connectivity index (χ2v) is 11.9. The fourth-order valence-corrected chi connectivity index (χ4v) is 6.64. The van der Waals surface area contributed by atoms with E-state index in [0.717, 1.165) is 34.7 Å². The topological polar surface area (TPSA) is 25.8 Å². The fraction of sp³-hybridized carbons (Fsp3) is 0.209. The summed E-state index contributed by atoms with van der Waals surface area (Å²) in [5.41, 5.74) is 8.37. The molecule has 3 heteroatoms. The standard InChI is InChI=1S/C24H22N.C19H16N.Ir/c1-2-4-20(5-3-1)24-16-21(12-13-25-24)18-8-10-19(11-9-18)23-15-17-6-7-22(23)14-17;1-14-8-11-19(20-13-14)17-10-9-15(2)18(12-17)16-6-4-3-5-7-16;/h1-4,8-13,16-17,22-23H,6-7,14-15H2;3-9,11-13H,1-2H3;/q2*-1;/i23D;1D3,2D3;. The van der Waals surface area contributed by atoms with Crippen molar-refractivity contribution in [1.29, 1.82) is 0 Å². The van der Waals surface area contributed by atoms with Crippen molar-refractivity contribution in [3.63, 3.8) is 0 Å². The van der Waals surface area contributed by atoms with E-state index in [-0.39, 0.29) is 37.1 Å². The minimum absolute atomic E-state index is 0. The maximum absolute atomic E-state index is 9.02. The van der Waals surface area contributed by atoms with Gasteiger partial charge in [0.1, 0.15) is 0 Å². The van der Waals surface area contributed by atoms with Crippen LogP contribution in [-0.2, 0) is 20.1 Å². The minimum Gasteiger partial charge on any atom is -0.305 e. The van der Waals surface area contributed by atoms with E-state index in [0.29, 0.717) is 22.7 Å². The van der Waals surface area contributed by atoms with Crippen LogP contribution in [-0.4, -0.2) is 9.97 Å². The number of hydrogen-bond donors (Lipinski definition) is 0. The quantitative estimate of drug-likeness (QED) is 0.163. The van der Waals surface area contributed by atoms with E-state index in [9.17, 15) is 0 Å². The van der Waals surface area contributed by atoms with Crippen molar-refractivity contribution >= 4 is 0 Å². The van der Waals surface area contributed by atoms with Crippen molar-refractivity contribution in [2.24, 2.45) is 11.8 Å². The second kappa shape index (κ2) is 14.5. The molecule has 3 atom stereocenters. The first-order valence-corrected chi connectivity index (χ1v) is 15.5. The summed E-state index contributed by atoms with van der Waals surface area (Å²) >= 11 is 0. The maximum atomic E-state index is 9.02. The largest absolute Gasteiger partial charge is 0.305 e. The predicted octanol–water partition coefficient (Wildman–Crippen LogP) is 10.9. The first-order chi connectivity index (χ1) is 24.9. The molecule has 2 aliphatic carbocycles. The molecule has 0 saturated heterocycles. The molecule has 0 spiro atoms. The van der Waals surface area contributed by atoms with Crippen LogP contribution in [0, 0.1) is 37.7 Å². The van der Waals surface area contributed by atoms with Crippen LogP contribution in [0.5, 0.6) is 0 Å². The van der Waals surface area contributed by atoms with Crippen LogP contribution in [0.4, 0.5) is 0 Å². The zero-order chi connectivity index (χ0) is 36.5. The summed E-state index contributed by atoms with van der Waals surface area (Å²) in [5.74, 6) is 0.977. The Morgan fingerprint density at radius 2 is 1.59 bits per heavy atom. The summed E-state index contributed by atoms with van der Waals surface area (Å²) < 4.78 is 54.6. The van der Waals surface area contributed by atoms with E-state index in [2.05, 4.69) is 58.5 Å². The first kappa shape index (κ1) is 24.1. The summed E-state index contributed by atoms with van der Waals surface area (Å²) in [5, 5.41) is 0. The molecule has 1 radical (unpaired) electrons. The molecule has 0 N–H and O–H groups in total. The molecule has 231 valence electrons. The van der Waals surface area contributed by atoms with E-state index in [4.69, 9.17) is 9.60 Å². The van der Waals surface area contributed by atoms with Gasteiger partial charge < -0.3 is 9.97 Å². The van der Waals surface area contributed by atoms with Gasteiger partial charge in [0.15, 0.2) is 0 Å². The number of aryl methyl sites for hydroxylation is 2. The molecule has 0 amide bonds. The monoisotopic (exact) mass is 782 g/mol. The number of fused-ring (bicyclic) bond motifs is 2. The van der Waals surface area contributed by atoms with Crippen LogP contribution in [0.1, 0.15) is 57.9 Å². The molecular weight excluding hydrogens is 737 g/mol. The van der Waals surface area contributed by atoms with E-state index < -0.39 is 13.7 Å². The third-order valence-corrected chi connectivity index (χ3v) is 8.95. The number of pyridine rings is 2. The number of benzene rings is 4. The number of rotatable bonds is 5. The maximum Gasteiger partial charge on any atom is 0.0355 e. The number of aromatic nitrogens is 2. The van der Waals surface area contributed by atoms with Crippen LogP contribution in [0.3, 0.4) is 0 Å². The Hall–Kier alpha value is -4.17. The Bertz CT molecular complexity index is 2140. The van der Waals surface area contributed by atoms with Gasteiger partial charge in [0.2, 0.25) is 0 Å². The summed E-state index contributed by atoms with van der Waals surface area (Å²) in [7, 11) is 0.